The number of aromatic nitrogens is 2. The molecule has 1 amide bonds. The van der Waals surface area contributed by atoms with Crippen LogP contribution in [-0.2, 0) is 6.54 Å². The van der Waals surface area contributed by atoms with Crippen LogP contribution in [0.15, 0.2) is 47.0 Å². The molecular formula is C23H26N4O2. The monoisotopic (exact) mass is 390 g/mol. The smallest absolute Gasteiger partial charge is 0.253 e. The second kappa shape index (κ2) is 8.17. The average Bonchev–Trinajstić information content (AvgIpc) is 3.19. The van der Waals surface area contributed by atoms with E-state index in [2.05, 4.69) is 28.9 Å². The molecule has 150 valence electrons. The van der Waals surface area contributed by atoms with Crippen LogP contribution in [0.3, 0.4) is 0 Å². The summed E-state index contributed by atoms with van der Waals surface area (Å²) >= 11 is 0. The average molecular weight is 390 g/mol. The Hall–Kier alpha value is -2.99. The lowest BCUT2D eigenvalue weighted by atomic mass is 10.1. The molecule has 3 aromatic rings. The van der Waals surface area contributed by atoms with Crippen molar-refractivity contribution < 1.29 is 9.32 Å². The van der Waals surface area contributed by atoms with E-state index < -0.39 is 0 Å². The molecule has 1 fully saturated rings. The molecule has 1 aliphatic heterocycles. The highest BCUT2D eigenvalue weighted by Crippen LogP contribution is 2.18. The standard InChI is InChI=1S/C23H26N4O2/c1-16-4-7-19(8-5-16)22-24-21(29-25-22)15-26-10-12-27(13-11-26)23(28)20-9-6-17(2)18(3)14-20/h4-9,14H,10-13,15H2,1-3H3. The predicted octanol–water partition coefficient (Wildman–Crippen LogP) is 3.62. The van der Waals surface area contributed by atoms with E-state index in [1.165, 1.54) is 11.1 Å². The van der Waals surface area contributed by atoms with E-state index in [0.717, 1.165) is 29.8 Å². The predicted molar refractivity (Wildman–Crippen MR) is 112 cm³/mol. The molecule has 0 N–H and O–H groups in total. The molecule has 2 heterocycles. The Balaban J connectivity index is 1.33. The summed E-state index contributed by atoms with van der Waals surface area (Å²) in [5.74, 6) is 1.32. The number of amides is 1. The third-order valence-corrected chi connectivity index (χ3v) is 5.55. The molecule has 0 saturated carbocycles. The minimum Gasteiger partial charge on any atom is -0.338 e. The van der Waals surface area contributed by atoms with Gasteiger partial charge in [0, 0.05) is 37.3 Å². The second-order valence-electron chi connectivity index (χ2n) is 7.75. The van der Waals surface area contributed by atoms with Crippen LogP contribution in [0, 0.1) is 20.8 Å². The number of hydrogen-bond acceptors (Lipinski definition) is 5. The number of aryl methyl sites for hydroxylation is 3. The van der Waals surface area contributed by atoms with Gasteiger partial charge in [-0.3, -0.25) is 9.69 Å². The first-order chi connectivity index (χ1) is 14.0. The largest absolute Gasteiger partial charge is 0.338 e. The zero-order valence-corrected chi connectivity index (χ0v) is 17.2. The molecule has 0 radical (unpaired) electrons. The molecule has 1 aliphatic rings. The lowest BCUT2D eigenvalue weighted by molar-refractivity contribution is 0.0615. The second-order valence-corrected chi connectivity index (χ2v) is 7.75. The van der Waals surface area contributed by atoms with Crippen LogP contribution in [0.5, 0.6) is 0 Å². The molecule has 1 aromatic heterocycles. The van der Waals surface area contributed by atoms with Crippen molar-refractivity contribution in [2.24, 2.45) is 0 Å². The Bertz CT molecular complexity index is 1000. The van der Waals surface area contributed by atoms with Crippen LogP contribution in [0.25, 0.3) is 11.4 Å². The first-order valence-corrected chi connectivity index (χ1v) is 9.98. The van der Waals surface area contributed by atoms with Gasteiger partial charge in [0.25, 0.3) is 5.91 Å². The third-order valence-electron chi connectivity index (χ3n) is 5.55. The number of hydrogen-bond donors (Lipinski definition) is 0. The van der Waals surface area contributed by atoms with Crippen molar-refractivity contribution in [3.05, 3.63) is 70.6 Å². The van der Waals surface area contributed by atoms with Gasteiger partial charge in [0.1, 0.15) is 0 Å². The minimum atomic E-state index is 0.104. The maximum atomic E-state index is 12.8. The van der Waals surface area contributed by atoms with Crippen LogP contribution in [0.4, 0.5) is 0 Å². The summed E-state index contributed by atoms with van der Waals surface area (Å²) in [5, 5.41) is 4.10. The summed E-state index contributed by atoms with van der Waals surface area (Å²) < 4.78 is 5.44. The molecule has 4 rings (SSSR count). The van der Waals surface area contributed by atoms with Crippen LogP contribution < -0.4 is 0 Å². The third kappa shape index (κ3) is 4.38. The summed E-state index contributed by atoms with van der Waals surface area (Å²) in [6.45, 7) is 9.73. The van der Waals surface area contributed by atoms with Crippen LogP contribution >= 0.6 is 0 Å². The highest BCUT2D eigenvalue weighted by atomic mass is 16.5. The van der Waals surface area contributed by atoms with E-state index in [4.69, 9.17) is 4.52 Å². The SMILES string of the molecule is Cc1ccc(-c2noc(CN3CCN(C(=O)c4ccc(C)c(C)c4)CC3)n2)cc1. The number of carbonyl (C=O) groups is 1. The van der Waals surface area contributed by atoms with Crippen molar-refractivity contribution in [2.75, 3.05) is 26.2 Å². The van der Waals surface area contributed by atoms with E-state index in [0.29, 0.717) is 31.3 Å². The fourth-order valence-corrected chi connectivity index (χ4v) is 3.50. The van der Waals surface area contributed by atoms with Gasteiger partial charge in [-0.15, -0.1) is 0 Å². The van der Waals surface area contributed by atoms with Gasteiger partial charge in [0.15, 0.2) is 0 Å². The number of rotatable bonds is 4. The highest BCUT2D eigenvalue weighted by Gasteiger charge is 2.23. The molecule has 0 bridgehead atoms. The first-order valence-electron chi connectivity index (χ1n) is 9.98. The molecule has 0 spiro atoms. The molecule has 6 nitrogen and oxygen atoms in total. The Morgan fingerprint density at radius 2 is 1.69 bits per heavy atom. The van der Waals surface area contributed by atoms with Crippen molar-refractivity contribution in [3.8, 4) is 11.4 Å². The Morgan fingerprint density at radius 1 is 0.966 bits per heavy atom. The number of carbonyl (C=O) groups excluding carboxylic acids is 1. The van der Waals surface area contributed by atoms with Crippen molar-refractivity contribution in [2.45, 2.75) is 27.3 Å². The molecule has 29 heavy (non-hydrogen) atoms. The van der Waals surface area contributed by atoms with E-state index in [1.54, 1.807) is 0 Å². The molecule has 0 unspecified atom stereocenters. The maximum absolute atomic E-state index is 12.8. The zero-order valence-electron chi connectivity index (χ0n) is 17.2. The first kappa shape index (κ1) is 19.3. The topological polar surface area (TPSA) is 62.5 Å². The summed E-state index contributed by atoms with van der Waals surface area (Å²) in [7, 11) is 0. The minimum absolute atomic E-state index is 0.104. The van der Waals surface area contributed by atoms with Crippen molar-refractivity contribution >= 4 is 5.91 Å². The lowest BCUT2D eigenvalue weighted by Crippen LogP contribution is -2.48. The van der Waals surface area contributed by atoms with Crippen LogP contribution in [0.1, 0.15) is 32.9 Å². The molecular weight excluding hydrogens is 364 g/mol. The van der Waals surface area contributed by atoms with Gasteiger partial charge in [-0.1, -0.05) is 41.1 Å². The quantitative estimate of drug-likeness (QED) is 0.681. The molecule has 6 heteroatoms. The van der Waals surface area contributed by atoms with E-state index in [9.17, 15) is 4.79 Å². The van der Waals surface area contributed by atoms with Gasteiger partial charge in [-0.2, -0.15) is 4.98 Å². The Kier molecular flexibility index (Phi) is 5.45. The fourth-order valence-electron chi connectivity index (χ4n) is 3.50. The Labute approximate surface area is 171 Å². The summed E-state index contributed by atoms with van der Waals surface area (Å²) in [6, 6.07) is 14.0. The molecule has 0 atom stereocenters. The molecule has 0 aliphatic carbocycles. The van der Waals surface area contributed by atoms with Crippen LogP contribution in [0.2, 0.25) is 0 Å². The highest BCUT2D eigenvalue weighted by molar-refractivity contribution is 5.94. The van der Waals surface area contributed by atoms with E-state index in [1.807, 2.05) is 54.3 Å². The zero-order chi connectivity index (χ0) is 20.4. The number of piperazine rings is 1. The lowest BCUT2D eigenvalue weighted by Gasteiger charge is -2.34. The number of nitrogens with zero attached hydrogens (tertiary/aromatic N) is 4. The normalized spacial score (nSPS) is 14.9. The summed E-state index contributed by atoms with van der Waals surface area (Å²) in [4.78, 5) is 21.5. The van der Waals surface area contributed by atoms with Gasteiger partial charge in [-0.25, -0.2) is 0 Å². The fraction of sp³-hybridized carbons (Fsp3) is 0.348. The van der Waals surface area contributed by atoms with E-state index >= 15 is 0 Å². The van der Waals surface area contributed by atoms with E-state index in [-0.39, 0.29) is 5.91 Å². The van der Waals surface area contributed by atoms with Gasteiger partial charge in [0.2, 0.25) is 11.7 Å². The van der Waals surface area contributed by atoms with Gasteiger partial charge in [0.05, 0.1) is 6.54 Å². The maximum Gasteiger partial charge on any atom is 0.253 e. The summed E-state index contributed by atoms with van der Waals surface area (Å²) in [5.41, 5.74) is 5.27. The van der Waals surface area contributed by atoms with Gasteiger partial charge < -0.3 is 9.42 Å². The number of benzene rings is 2. The Morgan fingerprint density at radius 3 is 2.38 bits per heavy atom. The molecule has 1 saturated heterocycles. The van der Waals surface area contributed by atoms with Crippen molar-refractivity contribution in [3.63, 3.8) is 0 Å². The van der Waals surface area contributed by atoms with Gasteiger partial charge >= 0.3 is 0 Å². The van der Waals surface area contributed by atoms with Crippen LogP contribution in [-0.4, -0.2) is 52.0 Å². The van der Waals surface area contributed by atoms with Crippen molar-refractivity contribution in [1.29, 1.82) is 0 Å². The molecule has 2 aromatic carbocycles. The van der Waals surface area contributed by atoms with Crippen molar-refractivity contribution in [1.82, 2.24) is 19.9 Å². The van der Waals surface area contributed by atoms with Gasteiger partial charge in [-0.05, 0) is 44.0 Å². The summed E-state index contributed by atoms with van der Waals surface area (Å²) in [6.07, 6.45) is 0.